The highest BCUT2D eigenvalue weighted by Gasteiger charge is 2.08. The smallest absolute Gasteiger partial charge is 0.0772 e. The van der Waals surface area contributed by atoms with Crippen molar-refractivity contribution in [2.45, 2.75) is 22.8 Å². The second-order valence-corrected chi connectivity index (χ2v) is 5.94. The lowest BCUT2D eigenvalue weighted by Crippen LogP contribution is -1.93. The molecule has 0 aromatic heterocycles. The Bertz CT molecular complexity index is 734. The van der Waals surface area contributed by atoms with Crippen LogP contribution in [0, 0.1) is 0 Å². The summed E-state index contributed by atoms with van der Waals surface area (Å²) in [4.78, 5) is 2.30. The minimum Gasteiger partial charge on any atom is -0.389 e. The summed E-state index contributed by atoms with van der Waals surface area (Å²) in [6.45, 7) is 1.81. The Morgan fingerprint density at radius 3 is 2.35 bits per heavy atom. The van der Waals surface area contributed by atoms with Crippen molar-refractivity contribution in [2.75, 3.05) is 0 Å². The summed E-state index contributed by atoms with van der Waals surface area (Å²) in [7, 11) is 0. The van der Waals surface area contributed by atoms with Gasteiger partial charge in [-0.25, -0.2) is 0 Å². The van der Waals surface area contributed by atoms with E-state index in [-0.39, 0.29) is 0 Å². The van der Waals surface area contributed by atoms with E-state index in [4.69, 9.17) is 0 Å². The fraction of sp³-hybridized carbons (Fsp3) is 0.111. The van der Waals surface area contributed by atoms with Gasteiger partial charge in [0.05, 0.1) is 6.10 Å². The largest absolute Gasteiger partial charge is 0.389 e. The molecule has 0 fully saturated rings. The molecule has 2 heteroatoms. The maximum atomic E-state index is 9.84. The van der Waals surface area contributed by atoms with Crippen LogP contribution in [0.25, 0.3) is 10.8 Å². The van der Waals surface area contributed by atoms with Gasteiger partial charge in [-0.05, 0) is 41.5 Å². The van der Waals surface area contributed by atoms with E-state index in [0.29, 0.717) is 0 Å². The first-order valence-electron chi connectivity index (χ1n) is 6.68. The van der Waals surface area contributed by atoms with E-state index in [2.05, 4.69) is 48.5 Å². The Morgan fingerprint density at radius 1 is 0.850 bits per heavy atom. The van der Waals surface area contributed by atoms with E-state index in [1.54, 1.807) is 18.7 Å². The van der Waals surface area contributed by atoms with Crippen molar-refractivity contribution >= 4 is 22.5 Å². The van der Waals surface area contributed by atoms with E-state index >= 15 is 0 Å². The topological polar surface area (TPSA) is 20.2 Å². The summed E-state index contributed by atoms with van der Waals surface area (Å²) < 4.78 is 0. The number of rotatable bonds is 3. The summed E-state index contributed by atoms with van der Waals surface area (Å²) in [6.07, 6.45) is -0.445. The van der Waals surface area contributed by atoms with Gasteiger partial charge in [0.1, 0.15) is 0 Å². The summed E-state index contributed by atoms with van der Waals surface area (Å²) in [5.41, 5.74) is 0.977. The van der Waals surface area contributed by atoms with Crippen LogP contribution in [0.3, 0.4) is 0 Å². The van der Waals surface area contributed by atoms with Crippen LogP contribution in [0.2, 0.25) is 0 Å². The van der Waals surface area contributed by atoms with Crippen LogP contribution >= 0.6 is 11.8 Å². The van der Waals surface area contributed by atoms with Crippen LogP contribution in [0.1, 0.15) is 18.6 Å². The molecule has 0 unspecified atom stereocenters. The Balaban J connectivity index is 1.97. The SMILES string of the molecule is C[C@H](O)c1ccccc1Sc1ccc2ccccc2c1. The second-order valence-electron chi connectivity index (χ2n) is 4.82. The van der Waals surface area contributed by atoms with Crippen molar-refractivity contribution in [1.82, 2.24) is 0 Å². The molecule has 3 aromatic rings. The third-order valence-electron chi connectivity index (χ3n) is 3.32. The summed E-state index contributed by atoms with van der Waals surface area (Å²) >= 11 is 1.70. The first kappa shape index (κ1) is 13.2. The average Bonchev–Trinajstić information content (AvgIpc) is 2.47. The second kappa shape index (κ2) is 5.70. The zero-order chi connectivity index (χ0) is 13.9. The number of aliphatic hydroxyl groups is 1. The number of hydrogen-bond donors (Lipinski definition) is 1. The lowest BCUT2D eigenvalue weighted by atomic mass is 10.1. The highest BCUT2D eigenvalue weighted by molar-refractivity contribution is 7.99. The predicted molar refractivity (Wildman–Crippen MR) is 85.1 cm³/mol. The quantitative estimate of drug-likeness (QED) is 0.725. The number of benzene rings is 3. The molecule has 0 aliphatic carbocycles. The van der Waals surface area contributed by atoms with Gasteiger partial charge in [-0.15, -0.1) is 0 Å². The number of fused-ring (bicyclic) bond motifs is 1. The standard InChI is InChI=1S/C18H16OS/c1-13(19)17-8-4-5-9-18(17)20-16-11-10-14-6-2-3-7-15(14)12-16/h2-13,19H,1H3/t13-/m0/s1. The molecular weight excluding hydrogens is 264 g/mol. The first-order chi connectivity index (χ1) is 9.74. The maximum Gasteiger partial charge on any atom is 0.0772 e. The molecule has 0 spiro atoms. The van der Waals surface area contributed by atoms with Gasteiger partial charge in [0.15, 0.2) is 0 Å². The zero-order valence-corrected chi connectivity index (χ0v) is 12.1. The van der Waals surface area contributed by atoms with Crippen molar-refractivity contribution in [2.24, 2.45) is 0 Å². The number of hydrogen-bond acceptors (Lipinski definition) is 2. The van der Waals surface area contributed by atoms with Gasteiger partial charge in [-0.1, -0.05) is 60.3 Å². The lowest BCUT2D eigenvalue weighted by molar-refractivity contribution is 0.196. The van der Waals surface area contributed by atoms with E-state index in [1.165, 1.54) is 15.7 Å². The van der Waals surface area contributed by atoms with E-state index in [9.17, 15) is 5.11 Å². The van der Waals surface area contributed by atoms with Gasteiger partial charge in [0, 0.05) is 9.79 Å². The Kier molecular flexibility index (Phi) is 3.77. The van der Waals surface area contributed by atoms with Crippen molar-refractivity contribution in [3.63, 3.8) is 0 Å². The van der Waals surface area contributed by atoms with Gasteiger partial charge >= 0.3 is 0 Å². The van der Waals surface area contributed by atoms with Crippen LogP contribution in [0.15, 0.2) is 76.5 Å². The molecule has 20 heavy (non-hydrogen) atoms. The van der Waals surface area contributed by atoms with Crippen LogP contribution in [0.4, 0.5) is 0 Å². The van der Waals surface area contributed by atoms with E-state index in [0.717, 1.165) is 10.5 Å². The Morgan fingerprint density at radius 2 is 1.55 bits per heavy atom. The highest BCUT2D eigenvalue weighted by atomic mass is 32.2. The van der Waals surface area contributed by atoms with Gasteiger partial charge in [0.2, 0.25) is 0 Å². The summed E-state index contributed by atoms with van der Waals surface area (Å²) in [5.74, 6) is 0. The Labute approximate surface area is 123 Å². The molecule has 1 atom stereocenters. The average molecular weight is 280 g/mol. The monoisotopic (exact) mass is 280 g/mol. The molecule has 3 aromatic carbocycles. The number of aliphatic hydroxyl groups excluding tert-OH is 1. The molecule has 0 aliphatic heterocycles. The minimum absolute atomic E-state index is 0.445. The van der Waals surface area contributed by atoms with E-state index in [1.807, 2.05) is 18.2 Å². The van der Waals surface area contributed by atoms with E-state index < -0.39 is 6.10 Å². The molecule has 1 nitrogen and oxygen atoms in total. The van der Waals surface area contributed by atoms with Crippen molar-refractivity contribution < 1.29 is 5.11 Å². The molecule has 100 valence electrons. The molecule has 0 saturated carbocycles. The molecule has 0 saturated heterocycles. The molecule has 0 bridgehead atoms. The Hall–Kier alpha value is -1.77. The third-order valence-corrected chi connectivity index (χ3v) is 4.40. The normalized spacial score (nSPS) is 12.5. The molecule has 0 aliphatic rings. The summed E-state index contributed by atoms with van der Waals surface area (Å²) in [6, 6.07) is 22.8. The molecule has 0 amide bonds. The fourth-order valence-corrected chi connectivity index (χ4v) is 3.36. The van der Waals surface area contributed by atoms with Crippen LogP contribution < -0.4 is 0 Å². The summed E-state index contributed by atoms with van der Waals surface area (Å²) in [5, 5.41) is 12.3. The molecule has 0 radical (unpaired) electrons. The van der Waals surface area contributed by atoms with Gasteiger partial charge < -0.3 is 5.11 Å². The van der Waals surface area contributed by atoms with Crippen molar-refractivity contribution in [3.05, 3.63) is 72.3 Å². The zero-order valence-electron chi connectivity index (χ0n) is 11.3. The van der Waals surface area contributed by atoms with Crippen molar-refractivity contribution in [1.29, 1.82) is 0 Å². The molecule has 0 heterocycles. The maximum absolute atomic E-state index is 9.84. The molecular formula is C18H16OS. The molecule has 3 rings (SSSR count). The highest BCUT2D eigenvalue weighted by Crippen LogP contribution is 2.34. The van der Waals surface area contributed by atoms with Gasteiger partial charge in [0.25, 0.3) is 0 Å². The molecule has 1 N–H and O–H groups in total. The lowest BCUT2D eigenvalue weighted by Gasteiger charge is -2.11. The predicted octanol–water partition coefficient (Wildman–Crippen LogP) is 5.04. The van der Waals surface area contributed by atoms with Crippen LogP contribution in [0.5, 0.6) is 0 Å². The minimum atomic E-state index is -0.445. The first-order valence-corrected chi connectivity index (χ1v) is 7.49. The van der Waals surface area contributed by atoms with Crippen molar-refractivity contribution in [3.8, 4) is 0 Å². The fourth-order valence-electron chi connectivity index (χ4n) is 2.28. The van der Waals surface area contributed by atoms with Crippen LogP contribution in [-0.4, -0.2) is 5.11 Å². The van der Waals surface area contributed by atoms with Gasteiger partial charge in [-0.3, -0.25) is 0 Å². The van der Waals surface area contributed by atoms with Crippen LogP contribution in [-0.2, 0) is 0 Å². The van der Waals surface area contributed by atoms with Gasteiger partial charge in [-0.2, -0.15) is 0 Å². The third kappa shape index (κ3) is 2.72.